The summed E-state index contributed by atoms with van der Waals surface area (Å²) in [4.78, 5) is 15.0. The zero-order valence-corrected chi connectivity index (χ0v) is 18.6. The molecule has 0 aliphatic carbocycles. The molecule has 1 amide bonds. The molecule has 28 heavy (non-hydrogen) atoms. The molecule has 0 saturated carbocycles. The second-order valence-corrected chi connectivity index (χ2v) is 9.08. The zero-order chi connectivity index (χ0) is 20.0. The molecule has 160 valence electrons. The van der Waals surface area contributed by atoms with E-state index in [2.05, 4.69) is 10.0 Å². The van der Waals surface area contributed by atoms with Gasteiger partial charge >= 0.3 is 0 Å². The number of carbonyl (C=O) groups is 1. The predicted octanol–water partition coefficient (Wildman–Crippen LogP) is 1.88. The Hall–Kier alpha value is -1.35. The number of likely N-dealkylation sites (tertiary alicyclic amines) is 1. The maximum Gasteiger partial charge on any atom is 0.241 e. The molecule has 7 nitrogen and oxygen atoms in total. The number of halogens is 1. The highest BCUT2D eigenvalue weighted by Crippen LogP contribution is 2.20. The number of amides is 1. The average Bonchev–Trinajstić information content (AvgIpc) is 2.66. The van der Waals surface area contributed by atoms with Gasteiger partial charge < -0.3 is 15.0 Å². The molecule has 2 rings (SSSR count). The molecular formula is C19H32ClN3O4S. The fraction of sp³-hybridized carbons (Fsp3) is 0.632. The summed E-state index contributed by atoms with van der Waals surface area (Å²) in [5.74, 6) is 0.672. The summed E-state index contributed by atoms with van der Waals surface area (Å²) in [5, 5.41) is 3.16. The van der Waals surface area contributed by atoms with Gasteiger partial charge in [0.15, 0.2) is 0 Å². The van der Waals surface area contributed by atoms with E-state index in [1.165, 1.54) is 19.2 Å². The highest BCUT2D eigenvalue weighted by atomic mass is 35.5. The molecule has 0 bridgehead atoms. The molecule has 2 atom stereocenters. The Bertz CT molecular complexity index is 723. The highest BCUT2D eigenvalue weighted by molar-refractivity contribution is 7.89. The van der Waals surface area contributed by atoms with Crippen molar-refractivity contribution >= 4 is 28.3 Å². The number of hydrogen-bond donors (Lipinski definition) is 2. The van der Waals surface area contributed by atoms with Gasteiger partial charge in [-0.15, -0.1) is 12.4 Å². The molecule has 2 unspecified atom stereocenters. The van der Waals surface area contributed by atoms with Gasteiger partial charge in [0.2, 0.25) is 15.9 Å². The minimum atomic E-state index is -3.80. The van der Waals surface area contributed by atoms with E-state index in [0.717, 1.165) is 19.4 Å². The molecule has 0 radical (unpaired) electrons. The van der Waals surface area contributed by atoms with Crippen LogP contribution in [0.5, 0.6) is 5.75 Å². The number of nitrogens with one attached hydrogen (secondary N) is 2. The smallest absolute Gasteiger partial charge is 0.241 e. The van der Waals surface area contributed by atoms with Crippen LogP contribution in [-0.2, 0) is 14.8 Å². The number of methoxy groups -OCH3 is 1. The summed E-state index contributed by atoms with van der Waals surface area (Å²) < 4.78 is 33.2. The molecule has 1 heterocycles. The molecule has 9 heteroatoms. The first-order valence-electron chi connectivity index (χ1n) is 9.38. The Balaban J connectivity index is 0.00000392. The van der Waals surface area contributed by atoms with Crippen molar-refractivity contribution in [2.45, 2.75) is 37.6 Å². The van der Waals surface area contributed by atoms with E-state index in [4.69, 9.17) is 4.74 Å². The quantitative estimate of drug-likeness (QED) is 0.653. The van der Waals surface area contributed by atoms with Crippen LogP contribution < -0.4 is 14.8 Å². The van der Waals surface area contributed by atoms with Crippen LogP contribution in [0.3, 0.4) is 0 Å². The lowest BCUT2D eigenvalue weighted by Crippen LogP contribution is -2.54. The standard InChI is InChI=1S/C19H31N3O4S.ClH/c1-14(2)18(19(23)22-11-5-6-15(13-22)12-20-3)21-27(24,25)17-9-7-16(26-4)8-10-17;/h7-10,14-15,18,20-21H,5-6,11-13H2,1-4H3;1H. The molecule has 0 aromatic heterocycles. The Morgan fingerprint density at radius 3 is 2.46 bits per heavy atom. The topological polar surface area (TPSA) is 87.7 Å². The molecule has 1 fully saturated rings. The van der Waals surface area contributed by atoms with Crippen LogP contribution in [0.15, 0.2) is 29.2 Å². The molecule has 1 aromatic carbocycles. The fourth-order valence-corrected chi connectivity index (χ4v) is 4.72. The Morgan fingerprint density at radius 2 is 1.93 bits per heavy atom. The van der Waals surface area contributed by atoms with Gasteiger partial charge in [0.05, 0.1) is 12.0 Å². The molecule has 2 N–H and O–H groups in total. The Morgan fingerprint density at radius 1 is 1.29 bits per heavy atom. The van der Waals surface area contributed by atoms with Crippen molar-refractivity contribution in [3.8, 4) is 5.75 Å². The van der Waals surface area contributed by atoms with Crippen molar-refractivity contribution in [3.05, 3.63) is 24.3 Å². The van der Waals surface area contributed by atoms with E-state index in [1.54, 1.807) is 17.0 Å². The summed E-state index contributed by atoms with van der Waals surface area (Å²) >= 11 is 0. The summed E-state index contributed by atoms with van der Waals surface area (Å²) in [7, 11) is -0.376. The van der Waals surface area contributed by atoms with Crippen LogP contribution in [0.2, 0.25) is 0 Å². The van der Waals surface area contributed by atoms with Gasteiger partial charge in [-0.2, -0.15) is 4.72 Å². The molecular weight excluding hydrogens is 402 g/mol. The largest absolute Gasteiger partial charge is 0.497 e. The third-order valence-corrected chi connectivity index (χ3v) is 6.37. The average molecular weight is 434 g/mol. The van der Waals surface area contributed by atoms with Crippen LogP contribution >= 0.6 is 12.4 Å². The minimum absolute atomic E-state index is 0. The van der Waals surface area contributed by atoms with Gasteiger partial charge in [-0.25, -0.2) is 8.42 Å². The Labute approximate surface area is 174 Å². The molecule has 1 aliphatic heterocycles. The van der Waals surface area contributed by atoms with E-state index in [0.29, 0.717) is 24.8 Å². The van der Waals surface area contributed by atoms with Crippen LogP contribution in [0.4, 0.5) is 0 Å². The summed E-state index contributed by atoms with van der Waals surface area (Å²) in [6.45, 7) is 5.90. The number of benzene rings is 1. The number of sulfonamides is 1. The van der Waals surface area contributed by atoms with Crippen LogP contribution in [0.1, 0.15) is 26.7 Å². The summed E-state index contributed by atoms with van der Waals surface area (Å²) in [6, 6.07) is 5.35. The van der Waals surface area contributed by atoms with Crippen molar-refractivity contribution in [2.24, 2.45) is 11.8 Å². The number of hydrogen-bond acceptors (Lipinski definition) is 5. The predicted molar refractivity (Wildman–Crippen MR) is 112 cm³/mol. The number of carbonyl (C=O) groups excluding carboxylic acids is 1. The van der Waals surface area contributed by atoms with Crippen molar-refractivity contribution < 1.29 is 17.9 Å². The maximum atomic E-state index is 13.1. The van der Waals surface area contributed by atoms with Crippen LogP contribution in [0, 0.1) is 11.8 Å². The van der Waals surface area contributed by atoms with Crippen LogP contribution in [0.25, 0.3) is 0 Å². The van der Waals surface area contributed by atoms with E-state index in [9.17, 15) is 13.2 Å². The number of rotatable bonds is 8. The second-order valence-electron chi connectivity index (χ2n) is 7.37. The van der Waals surface area contributed by atoms with Gasteiger partial charge in [0.1, 0.15) is 11.8 Å². The van der Waals surface area contributed by atoms with Crippen LogP contribution in [-0.4, -0.2) is 59.1 Å². The first-order chi connectivity index (χ1) is 12.8. The minimum Gasteiger partial charge on any atom is -0.497 e. The van der Waals surface area contributed by atoms with E-state index < -0.39 is 16.1 Å². The van der Waals surface area contributed by atoms with Crippen molar-refractivity contribution in [1.29, 1.82) is 0 Å². The van der Waals surface area contributed by atoms with E-state index >= 15 is 0 Å². The fourth-order valence-electron chi connectivity index (χ4n) is 3.38. The van der Waals surface area contributed by atoms with Gasteiger partial charge in [-0.05, 0) is 62.5 Å². The third-order valence-electron chi connectivity index (χ3n) is 4.91. The number of piperidine rings is 1. The van der Waals surface area contributed by atoms with Gasteiger partial charge in [0, 0.05) is 13.1 Å². The summed E-state index contributed by atoms with van der Waals surface area (Å²) in [5.41, 5.74) is 0. The number of nitrogens with zero attached hydrogens (tertiary/aromatic N) is 1. The normalized spacial score (nSPS) is 18.5. The SMILES string of the molecule is CNCC1CCCN(C(=O)C(NS(=O)(=O)c2ccc(OC)cc2)C(C)C)C1.Cl. The van der Waals surface area contributed by atoms with Crippen molar-refractivity contribution in [3.63, 3.8) is 0 Å². The third kappa shape index (κ3) is 6.34. The zero-order valence-electron chi connectivity index (χ0n) is 17.0. The van der Waals surface area contributed by atoms with Gasteiger partial charge in [-0.1, -0.05) is 13.8 Å². The van der Waals surface area contributed by atoms with E-state index in [1.807, 2.05) is 20.9 Å². The highest BCUT2D eigenvalue weighted by Gasteiger charge is 2.33. The lowest BCUT2D eigenvalue weighted by Gasteiger charge is -2.36. The first-order valence-corrected chi connectivity index (χ1v) is 10.9. The number of ether oxygens (including phenoxy) is 1. The molecule has 1 aromatic rings. The summed E-state index contributed by atoms with van der Waals surface area (Å²) in [6.07, 6.45) is 2.02. The maximum absolute atomic E-state index is 13.1. The lowest BCUT2D eigenvalue weighted by atomic mass is 9.96. The Kier molecular flexibility index (Phi) is 9.69. The van der Waals surface area contributed by atoms with E-state index in [-0.39, 0.29) is 29.1 Å². The van der Waals surface area contributed by atoms with Crippen molar-refractivity contribution in [1.82, 2.24) is 14.9 Å². The molecule has 1 saturated heterocycles. The molecule has 1 aliphatic rings. The lowest BCUT2D eigenvalue weighted by molar-refractivity contribution is -0.135. The van der Waals surface area contributed by atoms with Gasteiger partial charge in [0.25, 0.3) is 0 Å². The van der Waals surface area contributed by atoms with Crippen molar-refractivity contribution in [2.75, 3.05) is 33.8 Å². The monoisotopic (exact) mass is 433 g/mol. The first kappa shape index (κ1) is 24.7. The second kappa shape index (κ2) is 11.0. The van der Waals surface area contributed by atoms with Gasteiger partial charge in [-0.3, -0.25) is 4.79 Å². The molecule has 0 spiro atoms.